The van der Waals surface area contributed by atoms with Crippen molar-refractivity contribution in [3.63, 3.8) is 0 Å². The Balaban J connectivity index is 1.64. The Bertz CT molecular complexity index is 724. The Morgan fingerprint density at radius 3 is 2.52 bits per heavy atom. The molecule has 3 rings (SSSR count). The molecule has 1 amide bonds. The van der Waals surface area contributed by atoms with E-state index in [9.17, 15) is 9.59 Å². The molecule has 1 heterocycles. The Labute approximate surface area is 133 Å². The van der Waals surface area contributed by atoms with Crippen LogP contribution in [-0.4, -0.2) is 30.1 Å². The number of fused-ring (bicyclic) bond motifs is 1. The van der Waals surface area contributed by atoms with Crippen molar-refractivity contribution < 1.29 is 19.4 Å². The van der Waals surface area contributed by atoms with E-state index in [2.05, 4.69) is 5.32 Å². The zero-order valence-corrected chi connectivity index (χ0v) is 12.5. The first-order valence-electron chi connectivity index (χ1n) is 7.48. The van der Waals surface area contributed by atoms with Crippen LogP contribution >= 0.6 is 0 Å². The third-order valence-corrected chi connectivity index (χ3v) is 3.99. The third kappa shape index (κ3) is 3.34. The highest BCUT2D eigenvalue weighted by atomic mass is 16.5. The van der Waals surface area contributed by atoms with Gasteiger partial charge in [0, 0.05) is 18.0 Å². The molecule has 1 aliphatic heterocycles. The molecular weight excluding hydrogens is 294 g/mol. The highest BCUT2D eigenvalue weighted by Crippen LogP contribution is 2.32. The molecule has 1 aliphatic rings. The van der Waals surface area contributed by atoms with Gasteiger partial charge in [-0.1, -0.05) is 18.2 Å². The molecule has 0 unspecified atom stereocenters. The van der Waals surface area contributed by atoms with Gasteiger partial charge in [-0.3, -0.25) is 4.79 Å². The van der Waals surface area contributed by atoms with Gasteiger partial charge < -0.3 is 15.2 Å². The number of nitrogens with one attached hydrogen (secondary N) is 1. The summed E-state index contributed by atoms with van der Waals surface area (Å²) in [7, 11) is 0. The molecule has 2 N–H and O–H groups in total. The van der Waals surface area contributed by atoms with Crippen LogP contribution in [0.25, 0.3) is 0 Å². The minimum Gasteiger partial charge on any atom is -0.493 e. The summed E-state index contributed by atoms with van der Waals surface area (Å²) in [5, 5.41) is 11.8. The fourth-order valence-electron chi connectivity index (χ4n) is 2.71. The van der Waals surface area contributed by atoms with E-state index in [1.54, 1.807) is 0 Å². The fraction of sp³-hybridized carbons (Fsp3) is 0.222. The second-order valence-corrected chi connectivity index (χ2v) is 5.46. The van der Waals surface area contributed by atoms with E-state index in [0.29, 0.717) is 18.7 Å². The summed E-state index contributed by atoms with van der Waals surface area (Å²) in [6, 6.07) is 13.8. The maximum atomic E-state index is 12.2. The SMILES string of the molecule is O=C(O)c1ccc(C(=O)NC[C@H]2CCOc3ccccc32)cc1. The van der Waals surface area contributed by atoms with E-state index in [1.165, 1.54) is 24.3 Å². The Hall–Kier alpha value is -2.82. The number of hydrogen-bond acceptors (Lipinski definition) is 3. The zero-order valence-electron chi connectivity index (χ0n) is 12.5. The van der Waals surface area contributed by atoms with Crippen LogP contribution in [0, 0.1) is 0 Å². The lowest BCUT2D eigenvalue weighted by atomic mass is 9.93. The van der Waals surface area contributed by atoms with Crippen LogP contribution in [0.2, 0.25) is 0 Å². The average molecular weight is 311 g/mol. The van der Waals surface area contributed by atoms with Crippen molar-refractivity contribution in [3.8, 4) is 5.75 Å². The number of amides is 1. The van der Waals surface area contributed by atoms with E-state index >= 15 is 0 Å². The van der Waals surface area contributed by atoms with Crippen molar-refractivity contribution in [3.05, 3.63) is 65.2 Å². The van der Waals surface area contributed by atoms with E-state index in [1.807, 2.05) is 24.3 Å². The van der Waals surface area contributed by atoms with Crippen molar-refractivity contribution >= 4 is 11.9 Å². The van der Waals surface area contributed by atoms with Gasteiger partial charge in [0.05, 0.1) is 12.2 Å². The molecule has 2 aromatic rings. The lowest BCUT2D eigenvalue weighted by Gasteiger charge is -2.26. The largest absolute Gasteiger partial charge is 0.493 e. The highest BCUT2D eigenvalue weighted by Gasteiger charge is 2.21. The van der Waals surface area contributed by atoms with E-state index in [4.69, 9.17) is 9.84 Å². The maximum Gasteiger partial charge on any atom is 0.335 e. The van der Waals surface area contributed by atoms with E-state index in [0.717, 1.165) is 17.7 Å². The second kappa shape index (κ2) is 6.52. The Morgan fingerprint density at radius 1 is 1.09 bits per heavy atom. The summed E-state index contributed by atoms with van der Waals surface area (Å²) >= 11 is 0. The molecule has 0 radical (unpaired) electrons. The van der Waals surface area contributed by atoms with Crippen molar-refractivity contribution in [1.82, 2.24) is 5.32 Å². The first-order chi connectivity index (χ1) is 11.1. The number of ether oxygens (including phenoxy) is 1. The van der Waals surface area contributed by atoms with Crippen LogP contribution in [0.5, 0.6) is 5.75 Å². The van der Waals surface area contributed by atoms with Gasteiger partial charge in [0.1, 0.15) is 5.75 Å². The number of aromatic carboxylic acids is 1. The molecule has 1 atom stereocenters. The molecule has 118 valence electrons. The molecule has 0 saturated carbocycles. The van der Waals surface area contributed by atoms with Crippen molar-refractivity contribution in [2.45, 2.75) is 12.3 Å². The molecule has 0 bridgehead atoms. The number of carboxylic acids is 1. The van der Waals surface area contributed by atoms with Crippen LogP contribution in [0.3, 0.4) is 0 Å². The van der Waals surface area contributed by atoms with Crippen LogP contribution in [0.4, 0.5) is 0 Å². The van der Waals surface area contributed by atoms with Crippen molar-refractivity contribution in [1.29, 1.82) is 0 Å². The molecule has 0 saturated heterocycles. The van der Waals surface area contributed by atoms with Gasteiger partial charge in [-0.05, 0) is 42.3 Å². The predicted molar refractivity (Wildman–Crippen MR) is 85.0 cm³/mol. The van der Waals surface area contributed by atoms with Crippen LogP contribution in [0.15, 0.2) is 48.5 Å². The van der Waals surface area contributed by atoms with Gasteiger partial charge in [0.15, 0.2) is 0 Å². The summed E-state index contributed by atoms with van der Waals surface area (Å²) in [6.07, 6.45) is 0.856. The summed E-state index contributed by atoms with van der Waals surface area (Å²) < 4.78 is 5.61. The molecule has 0 spiro atoms. The van der Waals surface area contributed by atoms with Gasteiger partial charge >= 0.3 is 5.97 Å². The molecule has 5 nitrogen and oxygen atoms in total. The standard InChI is InChI=1S/C18H17NO4/c20-17(12-5-7-13(8-6-12)18(21)22)19-11-14-9-10-23-16-4-2-1-3-15(14)16/h1-8,14H,9-11H2,(H,19,20)(H,21,22)/t14-/m1/s1. The normalized spacial score (nSPS) is 16.1. The molecule has 0 aliphatic carbocycles. The number of rotatable bonds is 4. The molecule has 0 aromatic heterocycles. The summed E-state index contributed by atoms with van der Waals surface area (Å²) in [5.41, 5.74) is 1.73. The van der Waals surface area contributed by atoms with Gasteiger partial charge in [-0.25, -0.2) is 4.79 Å². The van der Waals surface area contributed by atoms with Crippen molar-refractivity contribution in [2.24, 2.45) is 0 Å². The molecule has 23 heavy (non-hydrogen) atoms. The average Bonchev–Trinajstić information content (AvgIpc) is 2.59. The number of carboxylic acid groups (broad SMARTS) is 1. The van der Waals surface area contributed by atoms with E-state index < -0.39 is 5.97 Å². The van der Waals surface area contributed by atoms with Crippen LogP contribution in [-0.2, 0) is 0 Å². The van der Waals surface area contributed by atoms with Gasteiger partial charge in [0.25, 0.3) is 5.91 Å². The number of benzene rings is 2. The first kappa shape index (κ1) is 15.1. The summed E-state index contributed by atoms with van der Waals surface area (Å²) in [4.78, 5) is 23.0. The third-order valence-electron chi connectivity index (χ3n) is 3.99. The minimum absolute atomic E-state index is 0.167. The smallest absolute Gasteiger partial charge is 0.335 e. The molecule has 0 fully saturated rings. The van der Waals surface area contributed by atoms with Gasteiger partial charge in [-0.15, -0.1) is 0 Å². The summed E-state index contributed by atoms with van der Waals surface area (Å²) in [6.45, 7) is 1.17. The quantitative estimate of drug-likeness (QED) is 0.910. The molecule has 2 aromatic carbocycles. The van der Waals surface area contributed by atoms with Gasteiger partial charge in [-0.2, -0.15) is 0 Å². The number of carbonyl (C=O) groups is 2. The first-order valence-corrected chi connectivity index (χ1v) is 7.48. The van der Waals surface area contributed by atoms with E-state index in [-0.39, 0.29) is 17.4 Å². The molecule has 5 heteroatoms. The summed E-state index contributed by atoms with van der Waals surface area (Å²) in [5.74, 6) is -0.104. The number of carbonyl (C=O) groups excluding carboxylic acids is 1. The Kier molecular flexibility index (Phi) is 4.28. The maximum absolute atomic E-state index is 12.2. The second-order valence-electron chi connectivity index (χ2n) is 5.46. The minimum atomic E-state index is -1.00. The number of para-hydroxylation sites is 1. The highest BCUT2D eigenvalue weighted by molar-refractivity contribution is 5.95. The number of hydrogen-bond donors (Lipinski definition) is 2. The van der Waals surface area contributed by atoms with Crippen molar-refractivity contribution in [2.75, 3.05) is 13.2 Å². The Morgan fingerprint density at radius 2 is 1.78 bits per heavy atom. The topological polar surface area (TPSA) is 75.6 Å². The van der Waals surface area contributed by atoms with Crippen LogP contribution in [0.1, 0.15) is 38.6 Å². The zero-order chi connectivity index (χ0) is 16.2. The fourth-order valence-corrected chi connectivity index (χ4v) is 2.71. The monoisotopic (exact) mass is 311 g/mol. The predicted octanol–water partition coefficient (Wildman–Crippen LogP) is 2.68. The lowest BCUT2D eigenvalue weighted by molar-refractivity contribution is 0.0696. The van der Waals surface area contributed by atoms with Crippen LogP contribution < -0.4 is 10.1 Å². The molecular formula is C18H17NO4. The lowest BCUT2D eigenvalue weighted by Crippen LogP contribution is -2.30. The van der Waals surface area contributed by atoms with Gasteiger partial charge in [0.2, 0.25) is 0 Å².